The molecule has 2 N–H and O–H groups in total. The Kier molecular flexibility index (Phi) is 6.17. The molecule has 0 aromatic carbocycles. The molecule has 0 saturated carbocycles. The molecule has 3 amide bonds. The largest absolute Gasteiger partial charge is 0.478 e. The van der Waals surface area contributed by atoms with Gasteiger partial charge in [0.05, 0.1) is 0 Å². The SMILES string of the molecule is CCC(C)N1CCN(C(=O)NC(=O)C=CC(=O)O)CC1. The molecule has 1 saturated heterocycles. The summed E-state index contributed by atoms with van der Waals surface area (Å²) in [7, 11) is 0. The van der Waals surface area contributed by atoms with Crippen LogP contribution in [0.15, 0.2) is 12.2 Å². The van der Waals surface area contributed by atoms with Gasteiger partial charge < -0.3 is 10.0 Å². The van der Waals surface area contributed by atoms with E-state index in [1.807, 2.05) is 0 Å². The van der Waals surface area contributed by atoms with Crippen molar-refractivity contribution in [3.63, 3.8) is 0 Å². The highest BCUT2D eigenvalue weighted by Gasteiger charge is 2.23. The highest BCUT2D eigenvalue weighted by molar-refractivity contribution is 6.02. The summed E-state index contributed by atoms with van der Waals surface area (Å²) in [5.74, 6) is -1.95. The molecule has 1 heterocycles. The van der Waals surface area contributed by atoms with Crippen molar-refractivity contribution >= 4 is 17.9 Å². The van der Waals surface area contributed by atoms with Gasteiger partial charge in [-0.1, -0.05) is 6.92 Å². The summed E-state index contributed by atoms with van der Waals surface area (Å²) in [5.41, 5.74) is 0. The number of carboxylic acids is 1. The topological polar surface area (TPSA) is 90.0 Å². The van der Waals surface area contributed by atoms with E-state index in [4.69, 9.17) is 5.11 Å². The maximum Gasteiger partial charge on any atom is 0.328 e. The number of rotatable bonds is 4. The quantitative estimate of drug-likeness (QED) is 0.723. The first-order chi connectivity index (χ1) is 9.43. The third-order valence-electron chi connectivity index (χ3n) is 3.42. The third kappa shape index (κ3) is 5.00. The van der Waals surface area contributed by atoms with Gasteiger partial charge in [-0.3, -0.25) is 15.0 Å². The predicted octanol–water partition coefficient (Wildman–Crippen LogP) is 0.280. The lowest BCUT2D eigenvalue weighted by Crippen LogP contribution is -2.54. The van der Waals surface area contributed by atoms with E-state index in [2.05, 4.69) is 24.1 Å². The van der Waals surface area contributed by atoms with E-state index in [9.17, 15) is 14.4 Å². The molecule has 0 aromatic rings. The fourth-order valence-corrected chi connectivity index (χ4v) is 2.00. The number of aliphatic carboxylic acids is 1. The number of hydrogen-bond acceptors (Lipinski definition) is 4. The van der Waals surface area contributed by atoms with Crippen molar-refractivity contribution in [2.75, 3.05) is 26.2 Å². The van der Waals surface area contributed by atoms with Crippen LogP contribution < -0.4 is 5.32 Å². The summed E-state index contributed by atoms with van der Waals surface area (Å²) in [5, 5.41) is 10.5. The second-order valence-electron chi connectivity index (χ2n) is 4.75. The zero-order valence-corrected chi connectivity index (χ0v) is 11.8. The number of imide groups is 1. The molecule has 0 aromatic heterocycles. The van der Waals surface area contributed by atoms with E-state index in [0.717, 1.165) is 25.6 Å². The minimum Gasteiger partial charge on any atom is -0.478 e. The van der Waals surface area contributed by atoms with Crippen LogP contribution >= 0.6 is 0 Å². The third-order valence-corrected chi connectivity index (χ3v) is 3.42. The van der Waals surface area contributed by atoms with Crippen molar-refractivity contribution < 1.29 is 19.5 Å². The lowest BCUT2D eigenvalue weighted by molar-refractivity contribution is -0.131. The maximum atomic E-state index is 11.8. The van der Waals surface area contributed by atoms with Gasteiger partial charge in [-0.15, -0.1) is 0 Å². The summed E-state index contributed by atoms with van der Waals surface area (Å²) in [6.45, 7) is 6.95. The van der Waals surface area contributed by atoms with E-state index in [1.165, 1.54) is 0 Å². The number of carboxylic acid groups (broad SMARTS) is 1. The first-order valence-corrected chi connectivity index (χ1v) is 6.69. The number of nitrogens with one attached hydrogen (secondary N) is 1. The Labute approximate surface area is 118 Å². The van der Waals surface area contributed by atoms with Crippen molar-refractivity contribution in [3.8, 4) is 0 Å². The van der Waals surface area contributed by atoms with Crippen molar-refractivity contribution in [3.05, 3.63) is 12.2 Å². The Bertz CT molecular complexity index is 400. The van der Waals surface area contributed by atoms with Crippen LogP contribution in [-0.4, -0.2) is 65.0 Å². The molecule has 112 valence electrons. The van der Waals surface area contributed by atoms with Crippen molar-refractivity contribution in [2.45, 2.75) is 26.3 Å². The highest BCUT2D eigenvalue weighted by Crippen LogP contribution is 2.08. The van der Waals surface area contributed by atoms with Crippen LogP contribution in [0.25, 0.3) is 0 Å². The Morgan fingerprint density at radius 1 is 1.20 bits per heavy atom. The summed E-state index contributed by atoms with van der Waals surface area (Å²) < 4.78 is 0. The molecular formula is C13H21N3O4. The van der Waals surface area contributed by atoms with Crippen molar-refractivity contribution in [1.82, 2.24) is 15.1 Å². The van der Waals surface area contributed by atoms with E-state index in [-0.39, 0.29) is 0 Å². The summed E-state index contributed by atoms with van der Waals surface area (Å²) in [6, 6.07) is 0.00850. The van der Waals surface area contributed by atoms with Gasteiger partial charge >= 0.3 is 12.0 Å². The second-order valence-corrected chi connectivity index (χ2v) is 4.75. The molecular weight excluding hydrogens is 262 g/mol. The molecule has 7 nitrogen and oxygen atoms in total. The van der Waals surface area contributed by atoms with Crippen LogP contribution in [0.1, 0.15) is 20.3 Å². The average molecular weight is 283 g/mol. The van der Waals surface area contributed by atoms with Gasteiger partial charge in [0.15, 0.2) is 0 Å². The summed E-state index contributed by atoms with van der Waals surface area (Å²) in [6.07, 6.45) is 2.59. The maximum absolute atomic E-state index is 11.8. The second kappa shape index (κ2) is 7.64. The first-order valence-electron chi connectivity index (χ1n) is 6.69. The standard InChI is InChI=1S/C13H21N3O4/c1-3-10(2)15-6-8-16(9-7-15)13(20)14-11(17)4-5-12(18)19/h4-5,10H,3,6-9H2,1-2H3,(H,18,19)(H,14,17,20). The molecule has 1 rings (SSSR count). The number of piperazine rings is 1. The Hall–Kier alpha value is -1.89. The molecule has 7 heteroatoms. The van der Waals surface area contributed by atoms with Crippen LogP contribution in [0.3, 0.4) is 0 Å². The molecule has 0 radical (unpaired) electrons. The van der Waals surface area contributed by atoms with Crippen LogP contribution in [0.4, 0.5) is 4.79 Å². The van der Waals surface area contributed by atoms with Gasteiger partial charge in [-0.25, -0.2) is 9.59 Å². The van der Waals surface area contributed by atoms with Crippen LogP contribution in [-0.2, 0) is 9.59 Å². The fourth-order valence-electron chi connectivity index (χ4n) is 2.00. The van der Waals surface area contributed by atoms with Gasteiger partial charge in [0.25, 0.3) is 5.91 Å². The predicted molar refractivity (Wildman–Crippen MR) is 73.2 cm³/mol. The Morgan fingerprint density at radius 2 is 1.80 bits per heavy atom. The van der Waals surface area contributed by atoms with Crippen molar-refractivity contribution in [1.29, 1.82) is 0 Å². The van der Waals surface area contributed by atoms with E-state index >= 15 is 0 Å². The molecule has 1 aliphatic heterocycles. The number of nitrogens with zero attached hydrogens (tertiary/aromatic N) is 2. The zero-order chi connectivity index (χ0) is 15.1. The number of hydrogen-bond donors (Lipinski definition) is 2. The van der Waals surface area contributed by atoms with E-state index in [1.54, 1.807) is 4.90 Å². The Balaban J connectivity index is 2.39. The fraction of sp³-hybridized carbons (Fsp3) is 0.615. The number of carbonyl (C=O) groups excluding carboxylic acids is 2. The van der Waals surface area contributed by atoms with Gasteiger partial charge in [0, 0.05) is 44.4 Å². The molecule has 1 atom stereocenters. The first kappa shape index (κ1) is 16.2. The summed E-state index contributed by atoms with van der Waals surface area (Å²) in [4.78, 5) is 37.2. The van der Waals surface area contributed by atoms with E-state index < -0.39 is 17.9 Å². The number of amides is 3. The van der Waals surface area contributed by atoms with Crippen molar-refractivity contribution in [2.24, 2.45) is 0 Å². The minimum absolute atomic E-state index is 0.478. The zero-order valence-electron chi connectivity index (χ0n) is 11.8. The lowest BCUT2D eigenvalue weighted by atomic mass is 10.2. The smallest absolute Gasteiger partial charge is 0.328 e. The normalized spacial score (nSPS) is 18.0. The molecule has 0 bridgehead atoms. The molecule has 20 heavy (non-hydrogen) atoms. The summed E-state index contributed by atoms with van der Waals surface area (Å²) >= 11 is 0. The lowest BCUT2D eigenvalue weighted by Gasteiger charge is -2.37. The van der Waals surface area contributed by atoms with Gasteiger partial charge in [-0.2, -0.15) is 0 Å². The Morgan fingerprint density at radius 3 is 2.30 bits per heavy atom. The molecule has 0 spiro atoms. The van der Waals surface area contributed by atoms with Crippen LogP contribution in [0, 0.1) is 0 Å². The van der Waals surface area contributed by atoms with Gasteiger partial charge in [0.2, 0.25) is 0 Å². The molecule has 1 unspecified atom stereocenters. The highest BCUT2D eigenvalue weighted by atomic mass is 16.4. The van der Waals surface area contributed by atoms with Crippen LogP contribution in [0.5, 0.6) is 0 Å². The minimum atomic E-state index is -1.23. The van der Waals surface area contributed by atoms with E-state index in [0.29, 0.717) is 25.2 Å². The average Bonchev–Trinajstić information content (AvgIpc) is 2.44. The van der Waals surface area contributed by atoms with Crippen LogP contribution in [0.2, 0.25) is 0 Å². The monoisotopic (exact) mass is 283 g/mol. The number of carbonyl (C=O) groups is 3. The van der Waals surface area contributed by atoms with Gasteiger partial charge in [-0.05, 0) is 13.3 Å². The molecule has 1 fully saturated rings. The molecule has 0 aliphatic carbocycles. The number of urea groups is 1. The molecule has 1 aliphatic rings. The van der Waals surface area contributed by atoms with Gasteiger partial charge in [0.1, 0.15) is 0 Å².